The van der Waals surface area contributed by atoms with Crippen molar-refractivity contribution in [2.75, 3.05) is 12.4 Å². The molecule has 0 aromatic rings. The van der Waals surface area contributed by atoms with E-state index >= 15 is 0 Å². The number of rotatable bonds is 5. The highest BCUT2D eigenvalue weighted by Gasteiger charge is 2.35. The highest BCUT2D eigenvalue weighted by molar-refractivity contribution is 7.99. The van der Waals surface area contributed by atoms with E-state index in [1.165, 1.54) is 6.42 Å². The normalized spacial score (nSPS) is 29.4. The minimum Gasteiger partial charge on any atom is -0.394 e. The minimum atomic E-state index is -0.361. The molecule has 0 radical (unpaired) electrons. The molecule has 2 rings (SSSR count). The second-order valence-electron chi connectivity index (χ2n) is 5.83. The van der Waals surface area contributed by atoms with Gasteiger partial charge in [-0.2, -0.15) is 11.8 Å². The van der Waals surface area contributed by atoms with Crippen molar-refractivity contribution in [2.45, 2.75) is 68.7 Å². The molecule has 5 heteroatoms. The van der Waals surface area contributed by atoms with Crippen molar-refractivity contribution in [3.05, 3.63) is 0 Å². The molecule has 0 spiro atoms. The third kappa shape index (κ3) is 4.02. The number of hydrogen-bond acceptors (Lipinski definition) is 3. The first-order valence-electron chi connectivity index (χ1n) is 7.48. The van der Waals surface area contributed by atoms with Gasteiger partial charge < -0.3 is 15.7 Å². The Morgan fingerprint density at radius 2 is 2.11 bits per heavy atom. The van der Waals surface area contributed by atoms with Gasteiger partial charge in [-0.3, -0.25) is 0 Å². The average Bonchev–Trinajstić information content (AvgIpc) is 3.00. The fourth-order valence-electron chi connectivity index (χ4n) is 3.30. The highest BCUT2D eigenvalue weighted by Crippen LogP contribution is 2.31. The Morgan fingerprint density at radius 3 is 2.74 bits per heavy atom. The summed E-state index contributed by atoms with van der Waals surface area (Å²) in [6.45, 7) is 2.24. The molecule has 0 saturated heterocycles. The van der Waals surface area contributed by atoms with Crippen LogP contribution >= 0.6 is 11.8 Å². The molecule has 0 aliphatic heterocycles. The molecule has 0 bridgehead atoms. The maximum Gasteiger partial charge on any atom is 0.315 e. The number of urea groups is 1. The van der Waals surface area contributed by atoms with Crippen LogP contribution in [0.4, 0.5) is 4.79 Å². The Kier molecular flexibility index (Phi) is 5.39. The Balaban J connectivity index is 1.75. The SMILES string of the molecule is CCSC1CCC(NC(=O)NC2(CO)CCCC2)C1. The molecule has 0 aromatic carbocycles. The molecule has 2 atom stereocenters. The monoisotopic (exact) mass is 286 g/mol. The van der Waals surface area contributed by atoms with E-state index in [0.717, 1.165) is 44.3 Å². The van der Waals surface area contributed by atoms with E-state index in [9.17, 15) is 9.90 Å². The number of aliphatic hydroxyl groups is 1. The van der Waals surface area contributed by atoms with Gasteiger partial charge in [0.2, 0.25) is 0 Å². The predicted octanol–water partition coefficient (Wildman–Crippen LogP) is 2.26. The quantitative estimate of drug-likeness (QED) is 0.726. The van der Waals surface area contributed by atoms with E-state index in [2.05, 4.69) is 17.6 Å². The zero-order chi connectivity index (χ0) is 13.7. The Morgan fingerprint density at radius 1 is 1.37 bits per heavy atom. The third-order valence-electron chi connectivity index (χ3n) is 4.36. The second-order valence-corrected chi connectivity index (χ2v) is 7.41. The average molecular weight is 286 g/mol. The Labute approximate surface area is 120 Å². The van der Waals surface area contributed by atoms with Gasteiger partial charge >= 0.3 is 6.03 Å². The summed E-state index contributed by atoms with van der Waals surface area (Å²) < 4.78 is 0. The number of hydrogen-bond donors (Lipinski definition) is 3. The largest absolute Gasteiger partial charge is 0.394 e. The summed E-state index contributed by atoms with van der Waals surface area (Å²) in [5.41, 5.74) is -0.361. The van der Waals surface area contributed by atoms with Gasteiger partial charge in [0.25, 0.3) is 0 Å². The van der Waals surface area contributed by atoms with Crippen LogP contribution in [0.2, 0.25) is 0 Å². The van der Waals surface area contributed by atoms with Crippen LogP contribution < -0.4 is 10.6 Å². The molecule has 4 nitrogen and oxygen atoms in total. The number of carbonyl (C=O) groups is 1. The van der Waals surface area contributed by atoms with Crippen molar-refractivity contribution in [3.8, 4) is 0 Å². The van der Waals surface area contributed by atoms with Crippen molar-refractivity contribution in [1.82, 2.24) is 10.6 Å². The lowest BCUT2D eigenvalue weighted by Crippen LogP contribution is -2.54. The van der Waals surface area contributed by atoms with Crippen LogP contribution in [0.25, 0.3) is 0 Å². The van der Waals surface area contributed by atoms with Gasteiger partial charge in [-0.15, -0.1) is 0 Å². The topological polar surface area (TPSA) is 61.4 Å². The smallest absolute Gasteiger partial charge is 0.315 e. The molecular weight excluding hydrogens is 260 g/mol. The van der Waals surface area contributed by atoms with Crippen LogP contribution in [0, 0.1) is 0 Å². The van der Waals surface area contributed by atoms with E-state index in [1.807, 2.05) is 11.8 Å². The van der Waals surface area contributed by atoms with Crippen molar-refractivity contribution < 1.29 is 9.90 Å². The first-order chi connectivity index (χ1) is 9.17. The van der Waals surface area contributed by atoms with Crippen molar-refractivity contribution in [2.24, 2.45) is 0 Å². The molecule has 2 fully saturated rings. The summed E-state index contributed by atoms with van der Waals surface area (Å²) in [7, 11) is 0. The lowest BCUT2D eigenvalue weighted by atomic mass is 9.99. The van der Waals surface area contributed by atoms with E-state index in [4.69, 9.17) is 0 Å². The number of amides is 2. The van der Waals surface area contributed by atoms with Gasteiger partial charge in [0.1, 0.15) is 0 Å². The van der Waals surface area contributed by atoms with Crippen molar-refractivity contribution >= 4 is 17.8 Å². The Hall–Kier alpha value is -0.420. The van der Waals surface area contributed by atoms with Crippen LogP contribution in [-0.4, -0.2) is 40.3 Å². The van der Waals surface area contributed by atoms with Gasteiger partial charge in [0.05, 0.1) is 12.1 Å². The molecular formula is C14H26N2O2S. The predicted molar refractivity (Wildman–Crippen MR) is 79.5 cm³/mol. The standard InChI is InChI=1S/C14H26N2O2S/c1-2-19-12-6-5-11(9-12)15-13(18)16-14(10-17)7-3-4-8-14/h11-12,17H,2-10H2,1H3,(H2,15,16,18). The van der Waals surface area contributed by atoms with Crippen LogP contribution in [0.5, 0.6) is 0 Å². The van der Waals surface area contributed by atoms with Crippen molar-refractivity contribution in [3.63, 3.8) is 0 Å². The maximum absolute atomic E-state index is 12.0. The molecule has 3 N–H and O–H groups in total. The fraction of sp³-hybridized carbons (Fsp3) is 0.929. The van der Waals surface area contributed by atoms with Gasteiger partial charge in [-0.25, -0.2) is 4.79 Å². The summed E-state index contributed by atoms with van der Waals surface area (Å²) in [4.78, 5) is 12.0. The van der Waals surface area contributed by atoms with Crippen LogP contribution in [0.1, 0.15) is 51.9 Å². The van der Waals surface area contributed by atoms with Crippen LogP contribution in [0.15, 0.2) is 0 Å². The van der Waals surface area contributed by atoms with Gasteiger partial charge in [-0.1, -0.05) is 19.8 Å². The summed E-state index contributed by atoms with van der Waals surface area (Å²) in [5, 5.41) is 16.3. The third-order valence-corrected chi connectivity index (χ3v) is 5.60. The second kappa shape index (κ2) is 6.84. The van der Waals surface area contributed by atoms with Gasteiger partial charge in [-0.05, 0) is 37.9 Å². The zero-order valence-electron chi connectivity index (χ0n) is 11.8. The lowest BCUT2D eigenvalue weighted by molar-refractivity contribution is 0.161. The van der Waals surface area contributed by atoms with Crippen LogP contribution in [-0.2, 0) is 0 Å². The molecule has 2 aliphatic rings. The zero-order valence-corrected chi connectivity index (χ0v) is 12.6. The number of thioether (sulfide) groups is 1. The Bertz CT molecular complexity index is 306. The van der Waals surface area contributed by atoms with Gasteiger partial charge in [0.15, 0.2) is 0 Å². The first-order valence-corrected chi connectivity index (χ1v) is 8.53. The van der Waals surface area contributed by atoms with Gasteiger partial charge in [0, 0.05) is 11.3 Å². The van der Waals surface area contributed by atoms with E-state index in [1.54, 1.807) is 0 Å². The summed E-state index contributed by atoms with van der Waals surface area (Å²) >= 11 is 1.99. The highest BCUT2D eigenvalue weighted by atomic mass is 32.2. The maximum atomic E-state index is 12.0. The number of aliphatic hydroxyl groups excluding tert-OH is 1. The molecule has 2 saturated carbocycles. The molecule has 0 aromatic heterocycles. The molecule has 19 heavy (non-hydrogen) atoms. The molecule has 2 aliphatic carbocycles. The summed E-state index contributed by atoms with van der Waals surface area (Å²) in [5.74, 6) is 1.15. The minimum absolute atomic E-state index is 0.0550. The number of carbonyl (C=O) groups excluding carboxylic acids is 1. The summed E-state index contributed by atoms with van der Waals surface area (Å²) in [6, 6.07) is 0.212. The fourth-order valence-corrected chi connectivity index (χ4v) is 4.44. The van der Waals surface area contributed by atoms with Crippen LogP contribution in [0.3, 0.4) is 0 Å². The van der Waals surface area contributed by atoms with E-state index < -0.39 is 0 Å². The molecule has 110 valence electrons. The van der Waals surface area contributed by atoms with Crippen molar-refractivity contribution in [1.29, 1.82) is 0 Å². The lowest BCUT2D eigenvalue weighted by Gasteiger charge is -2.28. The number of nitrogens with one attached hydrogen (secondary N) is 2. The van der Waals surface area contributed by atoms with E-state index in [-0.39, 0.29) is 18.2 Å². The molecule has 0 heterocycles. The molecule has 2 amide bonds. The molecule has 2 unspecified atom stereocenters. The van der Waals surface area contributed by atoms with E-state index in [0.29, 0.717) is 11.3 Å². The first kappa shape index (κ1) is 15.0. The summed E-state index contributed by atoms with van der Waals surface area (Å²) in [6.07, 6.45) is 7.36.